The van der Waals surface area contributed by atoms with Gasteiger partial charge in [0.1, 0.15) is 11.6 Å². The molecule has 8 nitrogen and oxygen atoms in total. The van der Waals surface area contributed by atoms with E-state index in [9.17, 15) is 19.2 Å². The van der Waals surface area contributed by atoms with Crippen LogP contribution in [0.3, 0.4) is 0 Å². The Bertz CT molecular complexity index is 659. The summed E-state index contributed by atoms with van der Waals surface area (Å²) in [6.45, 7) is 1.61. The molecule has 2 atom stereocenters. The van der Waals surface area contributed by atoms with Gasteiger partial charge >= 0.3 is 0 Å². The number of imidazole rings is 1. The van der Waals surface area contributed by atoms with Crippen LogP contribution in [0.25, 0.3) is 0 Å². The van der Waals surface area contributed by atoms with Gasteiger partial charge in [-0.05, 0) is 13.5 Å². The van der Waals surface area contributed by atoms with E-state index in [1.165, 1.54) is 6.92 Å². The lowest BCUT2D eigenvalue weighted by Gasteiger charge is -2.17. The van der Waals surface area contributed by atoms with E-state index in [4.69, 9.17) is 11.5 Å². The van der Waals surface area contributed by atoms with Crippen LogP contribution < -0.4 is 11.5 Å². The Kier molecular flexibility index (Phi) is 9.22. The molecule has 0 aliphatic rings. The lowest BCUT2D eigenvalue weighted by molar-refractivity contribution is -0.125. The molecule has 1 aromatic rings. The molecule has 1 rings (SSSR count). The van der Waals surface area contributed by atoms with E-state index in [-0.39, 0.29) is 48.2 Å². The Morgan fingerprint density at radius 2 is 1.92 bits per heavy atom. The van der Waals surface area contributed by atoms with E-state index in [0.717, 1.165) is 17.5 Å². The van der Waals surface area contributed by atoms with Crippen molar-refractivity contribution in [3.8, 4) is 0 Å². The van der Waals surface area contributed by atoms with Crippen LogP contribution in [0, 0.1) is 11.8 Å². The van der Waals surface area contributed by atoms with Crippen LogP contribution in [0.1, 0.15) is 31.9 Å². The molecule has 0 radical (unpaired) electrons. The summed E-state index contributed by atoms with van der Waals surface area (Å²) < 4.78 is 1.79. The van der Waals surface area contributed by atoms with Gasteiger partial charge in [-0.2, -0.15) is 0 Å². The maximum absolute atomic E-state index is 12.6. The van der Waals surface area contributed by atoms with Crippen LogP contribution >= 0.6 is 11.8 Å². The maximum atomic E-state index is 12.6. The number of Topliss-reactive ketones (excluding diaryl/α,β-unsaturated/α-hetero) is 2. The standard InChI is InChI=1S/C17H26N4O4S/c1-11(22)5-13(16(19)24)9-26-17(25)12(7-15(23)3-4-18)6-14-8-20-10-21(14)2/h8,10,12-13H,3-7,9,18H2,1-2H3,(H2,19,24)/t12-,13?/m1/s1. The average molecular weight is 382 g/mol. The molecule has 0 fully saturated rings. The number of carbonyl (C=O) groups excluding carboxylic acids is 4. The smallest absolute Gasteiger partial charge is 0.221 e. The predicted octanol–water partition coefficient (Wildman–Crippen LogP) is 0.227. The zero-order valence-corrected chi connectivity index (χ0v) is 16.0. The predicted molar refractivity (Wildman–Crippen MR) is 99.1 cm³/mol. The molecule has 1 heterocycles. The summed E-state index contributed by atoms with van der Waals surface area (Å²) in [5.74, 6) is -1.96. The molecule has 0 spiro atoms. The quantitative estimate of drug-likeness (QED) is 0.527. The SMILES string of the molecule is CC(=O)CC(CSC(=O)[C@@H](CC(=O)CCN)Cc1cncn1C)C(N)=O. The van der Waals surface area contributed by atoms with Crippen molar-refractivity contribution < 1.29 is 19.2 Å². The summed E-state index contributed by atoms with van der Waals surface area (Å²) in [5.41, 5.74) is 11.5. The van der Waals surface area contributed by atoms with Gasteiger partial charge in [-0.1, -0.05) is 11.8 Å². The number of nitrogens with zero attached hydrogens (tertiary/aromatic N) is 2. The van der Waals surface area contributed by atoms with Gasteiger partial charge in [0.2, 0.25) is 5.91 Å². The summed E-state index contributed by atoms with van der Waals surface area (Å²) in [4.78, 5) is 51.3. The second kappa shape index (κ2) is 10.9. The summed E-state index contributed by atoms with van der Waals surface area (Å²) in [5, 5.41) is -0.202. The second-order valence-corrected chi connectivity index (χ2v) is 7.34. The second-order valence-electron chi connectivity index (χ2n) is 6.31. The first-order valence-corrected chi connectivity index (χ1v) is 9.35. The summed E-state index contributed by atoms with van der Waals surface area (Å²) in [7, 11) is 1.81. The number of rotatable bonds is 12. The van der Waals surface area contributed by atoms with E-state index >= 15 is 0 Å². The maximum Gasteiger partial charge on any atom is 0.221 e. The zero-order chi connectivity index (χ0) is 19.7. The number of nitrogens with two attached hydrogens (primary N) is 2. The third-order valence-corrected chi connectivity index (χ3v) is 5.15. The Balaban J connectivity index is 2.78. The minimum atomic E-state index is -0.696. The number of hydrogen-bond acceptors (Lipinski definition) is 7. The van der Waals surface area contributed by atoms with Gasteiger partial charge in [0.05, 0.1) is 12.2 Å². The average Bonchev–Trinajstić information content (AvgIpc) is 2.95. The molecule has 9 heteroatoms. The Labute approximate surface area is 157 Å². The molecular formula is C17H26N4O4S. The number of aromatic nitrogens is 2. The lowest BCUT2D eigenvalue weighted by Crippen LogP contribution is -2.28. The highest BCUT2D eigenvalue weighted by Gasteiger charge is 2.26. The third-order valence-electron chi connectivity index (χ3n) is 3.97. The highest BCUT2D eigenvalue weighted by Crippen LogP contribution is 2.23. The van der Waals surface area contributed by atoms with Crippen LogP contribution in [0.4, 0.5) is 0 Å². The van der Waals surface area contributed by atoms with Gasteiger partial charge in [-0.3, -0.25) is 14.4 Å². The molecule has 4 N–H and O–H groups in total. The van der Waals surface area contributed by atoms with Crippen LogP contribution in [-0.4, -0.2) is 44.4 Å². The molecule has 0 aliphatic heterocycles. The number of amides is 1. The molecule has 0 aromatic carbocycles. The van der Waals surface area contributed by atoms with Gasteiger partial charge in [-0.25, -0.2) is 4.98 Å². The third kappa shape index (κ3) is 7.49. The van der Waals surface area contributed by atoms with E-state index in [1.807, 2.05) is 7.05 Å². The first-order chi connectivity index (χ1) is 12.2. The van der Waals surface area contributed by atoms with Crippen LogP contribution in [-0.2, 0) is 32.6 Å². The van der Waals surface area contributed by atoms with E-state index < -0.39 is 17.7 Å². The Hall–Kier alpha value is -2.00. The number of primary amides is 1. The number of thioether (sulfide) groups is 1. The number of ketones is 2. The van der Waals surface area contributed by atoms with Crippen molar-refractivity contribution in [2.45, 2.75) is 32.6 Å². The fraction of sp³-hybridized carbons (Fsp3) is 0.588. The monoisotopic (exact) mass is 382 g/mol. The Morgan fingerprint density at radius 1 is 1.23 bits per heavy atom. The molecule has 0 aliphatic carbocycles. The molecule has 1 amide bonds. The van der Waals surface area contributed by atoms with E-state index in [1.54, 1.807) is 17.1 Å². The highest BCUT2D eigenvalue weighted by molar-refractivity contribution is 8.13. The van der Waals surface area contributed by atoms with Crippen molar-refractivity contribution in [2.75, 3.05) is 12.3 Å². The fourth-order valence-electron chi connectivity index (χ4n) is 2.50. The molecule has 1 aromatic heterocycles. The van der Waals surface area contributed by atoms with Gasteiger partial charge in [0.15, 0.2) is 5.12 Å². The van der Waals surface area contributed by atoms with Gasteiger partial charge in [0, 0.05) is 56.3 Å². The topological polar surface area (TPSA) is 138 Å². The van der Waals surface area contributed by atoms with E-state index in [2.05, 4.69) is 4.98 Å². The molecule has 144 valence electrons. The summed E-state index contributed by atoms with van der Waals surface area (Å²) in [6, 6.07) is 0. The fourth-order valence-corrected chi connectivity index (χ4v) is 3.55. The van der Waals surface area contributed by atoms with Gasteiger partial charge in [0.25, 0.3) is 0 Å². The van der Waals surface area contributed by atoms with Crippen molar-refractivity contribution in [3.63, 3.8) is 0 Å². The molecule has 0 bridgehead atoms. The number of carbonyl (C=O) groups is 4. The van der Waals surface area contributed by atoms with Gasteiger partial charge in [-0.15, -0.1) is 0 Å². The van der Waals surface area contributed by atoms with Gasteiger partial charge < -0.3 is 20.8 Å². The first kappa shape index (κ1) is 22.0. The van der Waals surface area contributed by atoms with Crippen molar-refractivity contribution in [2.24, 2.45) is 30.4 Å². The molecule has 0 saturated carbocycles. The molecule has 1 unspecified atom stereocenters. The minimum Gasteiger partial charge on any atom is -0.369 e. The van der Waals surface area contributed by atoms with Crippen molar-refractivity contribution in [1.82, 2.24) is 9.55 Å². The highest BCUT2D eigenvalue weighted by atomic mass is 32.2. The summed E-state index contributed by atoms with van der Waals surface area (Å²) in [6.07, 6.45) is 3.96. The van der Waals surface area contributed by atoms with Crippen molar-refractivity contribution in [3.05, 3.63) is 18.2 Å². The molecule has 26 heavy (non-hydrogen) atoms. The first-order valence-electron chi connectivity index (χ1n) is 8.36. The van der Waals surface area contributed by atoms with Crippen molar-refractivity contribution in [1.29, 1.82) is 0 Å². The zero-order valence-electron chi connectivity index (χ0n) is 15.1. The van der Waals surface area contributed by atoms with Crippen LogP contribution in [0.5, 0.6) is 0 Å². The van der Waals surface area contributed by atoms with Crippen LogP contribution in [0.15, 0.2) is 12.5 Å². The summed E-state index contributed by atoms with van der Waals surface area (Å²) >= 11 is 0.946. The number of hydrogen-bond donors (Lipinski definition) is 2. The van der Waals surface area contributed by atoms with E-state index in [0.29, 0.717) is 6.42 Å². The molecular weight excluding hydrogens is 356 g/mol. The van der Waals surface area contributed by atoms with Crippen molar-refractivity contribution >= 4 is 34.4 Å². The number of aryl methyl sites for hydroxylation is 1. The Morgan fingerprint density at radius 3 is 2.42 bits per heavy atom. The van der Waals surface area contributed by atoms with Crippen LogP contribution in [0.2, 0.25) is 0 Å². The lowest BCUT2D eigenvalue weighted by atomic mass is 9.97. The normalized spacial score (nSPS) is 13.2. The minimum absolute atomic E-state index is 0.00805. The largest absolute Gasteiger partial charge is 0.369 e. The molecule has 0 saturated heterocycles.